The van der Waals surface area contributed by atoms with Crippen LogP contribution in [0.15, 0.2) is 23.4 Å². The Morgan fingerprint density at radius 3 is 2.90 bits per heavy atom. The molecule has 1 unspecified atom stereocenters. The van der Waals surface area contributed by atoms with Gasteiger partial charge in [0.15, 0.2) is 11.5 Å². The second-order valence-electron chi connectivity index (χ2n) is 5.41. The summed E-state index contributed by atoms with van der Waals surface area (Å²) in [5.74, 6) is 1.54. The van der Waals surface area contributed by atoms with Crippen LogP contribution in [0.3, 0.4) is 0 Å². The van der Waals surface area contributed by atoms with Crippen LogP contribution in [0.5, 0.6) is 11.5 Å². The number of hydrogen-bond donors (Lipinski definition) is 0. The molecule has 1 aromatic heterocycles. The van der Waals surface area contributed by atoms with Crippen LogP contribution >= 0.6 is 43.2 Å². The van der Waals surface area contributed by atoms with E-state index >= 15 is 0 Å². The number of unbranched alkanes of at least 4 members (excludes halogenated alkanes) is 2. The molecule has 2 rings (SSSR count). The molecule has 0 saturated heterocycles. The quantitative estimate of drug-likeness (QED) is 0.326. The van der Waals surface area contributed by atoms with Gasteiger partial charge in [-0.1, -0.05) is 6.08 Å². The second-order valence-corrected chi connectivity index (χ2v) is 9.45. The summed E-state index contributed by atoms with van der Waals surface area (Å²) in [6.07, 6.45) is 5.12. The van der Waals surface area contributed by atoms with Crippen LogP contribution in [0.2, 0.25) is 0 Å². The van der Waals surface area contributed by atoms with Crippen molar-refractivity contribution in [1.29, 1.82) is 0 Å². The highest BCUT2D eigenvalue weighted by atomic mass is 79.9. The Hall–Kier alpha value is -0.0400. The summed E-state index contributed by atoms with van der Waals surface area (Å²) in [7, 11) is 0. The van der Waals surface area contributed by atoms with Gasteiger partial charge in [0, 0.05) is 17.4 Å². The van der Waals surface area contributed by atoms with E-state index in [0.717, 1.165) is 37.4 Å². The topological polar surface area (TPSA) is 27.7 Å². The number of ether oxygens (including phenoxy) is 3. The first-order chi connectivity index (χ1) is 9.98. The fourth-order valence-electron chi connectivity index (χ4n) is 1.95. The molecule has 1 aromatic rings. The molecule has 0 fully saturated rings. The third kappa shape index (κ3) is 4.24. The number of halogens is 2. The second kappa shape index (κ2) is 7.49. The summed E-state index contributed by atoms with van der Waals surface area (Å²) in [6, 6.07) is 0. The number of fused-ring (bicyclic) bond motifs is 1. The molecule has 0 aliphatic carbocycles. The fraction of sp³-hybridized carbons (Fsp3) is 0.600. The van der Waals surface area contributed by atoms with Crippen molar-refractivity contribution in [3.05, 3.63) is 23.4 Å². The molecule has 3 nitrogen and oxygen atoms in total. The summed E-state index contributed by atoms with van der Waals surface area (Å²) in [4.78, 5) is 0. The molecule has 0 aromatic carbocycles. The standard InChI is InChI=1S/C15H20Br2O3S/c1-3-4-5-6-7-18-10-14(2)11-19-12-8-21-9-13(12)20-15(14,16)17/h3,8-9H,1,4-7,10-11H2,2H3. The smallest absolute Gasteiger partial charge is 0.228 e. The Kier molecular flexibility index (Phi) is 6.17. The van der Waals surface area contributed by atoms with Gasteiger partial charge in [0.25, 0.3) is 0 Å². The highest BCUT2D eigenvalue weighted by Crippen LogP contribution is 2.51. The maximum atomic E-state index is 6.02. The lowest BCUT2D eigenvalue weighted by atomic mass is 9.94. The van der Waals surface area contributed by atoms with Crippen LogP contribution in [0.1, 0.15) is 26.2 Å². The van der Waals surface area contributed by atoms with Crippen molar-refractivity contribution in [3.8, 4) is 11.5 Å². The SMILES string of the molecule is C=CCCCCOCC1(C)COc2cscc2OC1(Br)Br. The van der Waals surface area contributed by atoms with Gasteiger partial charge in [-0.15, -0.1) is 17.9 Å². The first kappa shape index (κ1) is 17.3. The molecule has 0 radical (unpaired) electrons. The molecular formula is C15H20Br2O3S. The minimum Gasteiger partial charge on any atom is -0.488 e. The van der Waals surface area contributed by atoms with Crippen LogP contribution < -0.4 is 9.47 Å². The molecule has 0 spiro atoms. The van der Waals surface area contributed by atoms with Gasteiger partial charge in [0.2, 0.25) is 3.42 Å². The van der Waals surface area contributed by atoms with Crippen molar-refractivity contribution >= 4 is 43.2 Å². The molecule has 118 valence electrons. The maximum absolute atomic E-state index is 6.02. The third-order valence-corrected chi connectivity index (χ3v) is 6.39. The van der Waals surface area contributed by atoms with E-state index < -0.39 is 3.42 Å². The van der Waals surface area contributed by atoms with E-state index in [1.165, 1.54) is 0 Å². The summed E-state index contributed by atoms with van der Waals surface area (Å²) in [5, 5.41) is 3.89. The number of thiophene rings is 1. The average molecular weight is 440 g/mol. The number of rotatable bonds is 7. The predicted molar refractivity (Wildman–Crippen MR) is 94.0 cm³/mol. The molecule has 2 heterocycles. The van der Waals surface area contributed by atoms with Gasteiger partial charge in [-0.3, -0.25) is 0 Å². The zero-order valence-electron chi connectivity index (χ0n) is 12.1. The van der Waals surface area contributed by atoms with Gasteiger partial charge in [-0.2, -0.15) is 0 Å². The van der Waals surface area contributed by atoms with Crippen molar-refractivity contribution in [3.63, 3.8) is 0 Å². The summed E-state index contributed by atoms with van der Waals surface area (Å²) >= 11 is 8.84. The third-order valence-electron chi connectivity index (χ3n) is 3.45. The lowest BCUT2D eigenvalue weighted by molar-refractivity contribution is -0.0121. The van der Waals surface area contributed by atoms with E-state index in [2.05, 4.69) is 45.4 Å². The Morgan fingerprint density at radius 2 is 2.14 bits per heavy atom. The first-order valence-electron chi connectivity index (χ1n) is 6.93. The van der Waals surface area contributed by atoms with E-state index in [1.54, 1.807) is 11.3 Å². The van der Waals surface area contributed by atoms with Crippen LogP contribution in [0.25, 0.3) is 0 Å². The molecule has 0 amide bonds. The van der Waals surface area contributed by atoms with Gasteiger partial charge >= 0.3 is 0 Å². The van der Waals surface area contributed by atoms with Crippen molar-refractivity contribution in [2.75, 3.05) is 19.8 Å². The van der Waals surface area contributed by atoms with E-state index in [9.17, 15) is 0 Å². The Morgan fingerprint density at radius 1 is 1.38 bits per heavy atom. The highest BCUT2D eigenvalue weighted by molar-refractivity contribution is 9.25. The van der Waals surface area contributed by atoms with Gasteiger partial charge in [0.05, 0.1) is 12.0 Å². The largest absolute Gasteiger partial charge is 0.488 e. The van der Waals surface area contributed by atoms with E-state index in [-0.39, 0.29) is 5.41 Å². The Bertz CT molecular complexity index is 475. The molecule has 0 saturated carbocycles. The first-order valence-corrected chi connectivity index (χ1v) is 9.46. The van der Waals surface area contributed by atoms with Gasteiger partial charge in [-0.25, -0.2) is 0 Å². The predicted octanol–water partition coefficient (Wildman–Crippen LogP) is 5.34. The number of hydrogen-bond acceptors (Lipinski definition) is 4. The normalized spacial score (nSPS) is 23.6. The summed E-state index contributed by atoms with van der Waals surface area (Å²) < 4.78 is 17.0. The summed E-state index contributed by atoms with van der Waals surface area (Å²) in [6.45, 7) is 7.60. The van der Waals surface area contributed by atoms with E-state index in [1.807, 2.05) is 16.8 Å². The lowest BCUT2D eigenvalue weighted by Gasteiger charge is -2.37. The van der Waals surface area contributed by atoms with Gasteiger partial charge in [0.1, 0.15) is 6.61 Å². The fourth-order valence-corrected chi connectivity index (χ4v) is 3.42. The molecular weight excluding hydrogens is 420 g/mol. The van der Waals surface area contributed by atoms with Crippen LogP contribution in [-0.2, 0) is 4.74 Å². The maximum Gasteiger partial charge on any atom is 0.228 e. The average Bonchev–Trinajstić information content (AvgIpc) is 2.83. The molecule has 0 N–H and O–H groups in total. The van der Waals surface area contributed by atoms with Gasteiger partial charge in [-0.05, 0) is 58.0 Å². The van der Waals surface area contributed by atoms with E-state index in [0.29, 0.717) is 13.2 Å². The minimum absolute atomic E-state index is 0.345. The van der Waals surface area contributed by atoms with Crippen LogP contribution in [0.4, 0.5) is 0 Å². The molecule has 1 aliphatic rings. The van der Waals surface area contributed by atoms with Crippen molar-refractivity contribution in [2.24, 2.45) is 5.41 Å². The lowest BCUT2D eigenvalue weighted by Crippen LogP contribution is -2.47. The minimum atomic E-state index is -0.708. The van der Waals surface area contributed by atoms with Crippen molar-refractivity contribution < 1.29 is 14.2 Å². The zero-order valence-corrected chi connectivity index (χ0v) is 16.1. The van der Waals surface area contributed by atoms with E-state index in [4.69, 9.17) is 14.2 Å². The van der Waals surface area contributed by atoms with Gasteiger partial charge < -0.3 is 14.2 Å². The molecule has 0 bridgehead atoms. The number of allylic oxidation sites excluding steroid dienone is 1. The molecule has 6 heteroatoms. The molecule has 1 atom stereocenters. The van der Waals surface area contributed by atoms with Crippen LogP contribution in [-0.4, -0.2) is 23.2 Å². The Labute approximate surface area is 146 Å². The zero-order chi connectivity index (χ0) is 15.3. The molecule has 21 heavy (non-hydrogen) atoms. The van der Waals surface area contributed by atoms with Crippen molar-refractivity contribution in [2.45, 2.75) is 29.6 Å². The molecule has 1 aliphatic heterocycles. The monoisotopic (exact) mass is 438 g/mol. The Balaban J connectivity index is 1.91. The summed E-state index contributed by atoms with van der Waals surface area (Å²) in [5.41, 5.74) is -0.345. The van der Waals surface area contributed by atoms with Crippen molar-refractivity contribution in [1.82, 2.24) is 0 Å². The van der Waals surface area contributed by atoms with Crippen LogP contribution in [0, 0.1) is 5.41 Å². The number of alkyl halides is 2. The highest BCUT2D eigenvalue weighted by Gasteiger charge is 2.50.